The van der Waals surface area contributed by atoms with E-state index in [9.17, 15) is 4.79 Å². The van der Waals surface area contributed by atoms with Crippen molar-refractivity contribution in [3.8, 4) is 0 Å². The summed E-state index contributed by atoms with van der Waals surface area (Å²) in [6.07, 6.45) is 1.00. The number of anilines is 1. The van der Waals surface area contributed by atoms with E-state index in [0.29, 0.717) is 23.0 Å². The van der Waals surface area contributed by atoms with Crippen molar-refractivity contribution in [2.45, 2.75) is 20.3 Å². The second-order valence-electron chi connectivity index (χ2n) is 5.51. The fourth-order valence-electron chi connectivity index (χ4n) is 2.71. The van der Waals surface area contributed by atoms with Crippen molar-refractivity contribution in [2.75, 3.05) is 25.5 Å². The molecule has 3 rings (SSSR count). The summed E-state index contributed by atoms with van der Waals surface area (Å²) in [7, 11) is 0. The first kappa shape index (κ1) is 14.3. The van der Waals surface area contributed by atoms with E-state index in [1.54, 1.807) is 0 Å². The van der Waals surface area contributed by atoms with Gasteiger partial charge in [0.05, 0.1) is 12.3 Å². The Bertz CT molecular complexity index is 690. The van der Waals surface area contributed by atoms with Crippen LogP contribution in [0.4, 0.5) is 5.69 Å². The fraction of sp³-hybridized carbons (Fsp3) is 0.467. The Morgan fingerprint density at radius 2 is 2.38 bits per heavy atom. The van der Waals surface area contributed by atoms with E-state index in [2.05, 4.69) is 10.3 Å². The van der Waals surface area contributed by atoms with Gasteiger partial charge < -0.3 is 15.8 Å². The molecule has 0 spiro atoms. The minimum absolute atomic E-state index is 0.0994. The third-order valence-corrected chi connectivity index (χ3v) is 4.95. The number of nitrogens with two attached hydrogens (primary N) is 1. The van der Waals surface area contributed by atoms with Gasteiger partial charge in [-0.15, -0.1) is 11.3 Å². The number of nitrogen functional groups attached to an aromatic ring is 1. The van der Waals surface area contributed by atoms with Crippen LogP contribution in [-0.4, -0.2) is 30.6 Å². The van der Waals surface area contributed by atoms with Crippen molar-refractivity contribution >= 4 is 33.0 Å². The lowest BCUT2D eigenvalue weighted by atomic mass is 10.1. The molecule has 0 aromatic carbocycles. The van der Waals surface area contributed by atoms with E-state index in [4.69, 9.17) is 10.5 Å². The predicted molar refractivity (Wildman–Crippen MR) is 84.8 cm³/mol. The molecule has 0 radical (unpaired) electrons. The van der Waals surface area contributed by atoms with Crippen LogP contribution in [0.1, 0.15) is 27.5 Å². The number of fused-ring (bicyclic) bond motifs is 1. The smallest absolute Gasteiger partial charge is 0.263 e. The lowest BCUT2D eigenvalue weighted by Gasteiger charge is -2.08. The zero-order valence-corrected chi connectivity index (χ0v) is 13.0. The first-order valence-corrected chi connectivity index (χ1v) is 7.90. The number of carbonyl (C=O) groups excluding carboxylic acids is 1. The highest BCUT2D eigenvalue weighted by molar-refractivity contribution is 7.21. The van der Waals surface area contributed by atoms with Gasteiger partial charge in [0, 0.05) is 40.5 Å². The highest BCUT2D eigenvalue weighted by atomic mass is 32.1. The maximum atomic E-state index is 12.3. The molecule has 1 saturated heterocycles. The molecule has 21 heavy (non-hydrogen) atoms. The van der Waals surface area contributed by atoms with Crippen molar-refractivity contribution < 1.29 is 9.53 Å². The summed E-state index contributed by atoms with van der Waals surface area (Å²) in [5, 5.41) is 3.87. The van der Waals surface area contributed by atoms with Crippen LogP contribution in [-0.2, 0) is 4.74 Å². The maximum Gasteiger partial charge on any atom is 0.263 e. The Hall–Kier alpha value is -1.66. The number of rotatable bonds is 3. The average Bonchev–Trinajstić information content (AvgIpc) is 3.04. The molecular formula is C15H19N3O2S. The van der Waals surface area contributed by atoms with Gasteiger partial charge in [-0.05, 0) is 26.3 Å². The van der Waals surface area contributed by atoms with E-state index < -0.39 is 0 Å². The Balaban J connectivity index is 1.84. The van der Waals surface area contributed by atoms with Crippen LogP contribution in [0.3, 0.4) is 0 Å². The number of amides is 1. The molecule has 5 nitrogen and oxygen atoms in total. The summed E-state index contributed by atoms with van der Waals surface area (Å²) in [4.78, 5) is 17.4. The number of nitrogens with zero attached hydrogens (tertiary/aromatic N) is 1. The molecule has 1 unspecified atom stereocenters. The topological polar surface area (TPSA) is 77.2 Å². The zero-order chi connectivity index (χ0) is 15.0. The third kappa shape index (κ3) is 2.73. The van der Waals surface area contributed by atoms with Crippen molar-refractivity contribution in [3.05, 3.63) is 22.3 Å². The lowest BCUT2D eigenvalue weighted by molar-refractivity contribution is 0.0950. The number of aromatic nitrogens is 1. The van der Waals surface area contributed by atoms with Crippen LogP contribution < -0.4 is 11.1 Å². The molecule has 3 N–H and O–H groups in total. The predicted octanol–water partition coefficient (Wildman–Crippen LogP) is 2.26. The Morgan fingerprint density at radius 1 is 1.57 bits per heavy atom. The average molecular weight is 305 g/mol. The molecule has 1 fully saturated rings. The number of ether oxygens (including phenoxy) is 1. The standard InChI is InChI=1S/C15H19N3O2S/c1-8-5-11-12(9(2)18-8)13(16)14(21-11)15(19)17-6-10-3-4-20-7-10/h5,10H,3-4,6-7,16H2,1-2H3,(H,17,19). The van der Waals surface area contributed by atoms with Gasteiger partial charge >= 0.3 is 0 Å². The summed E-state index contributed by atoms with van der Waals surface area (Å²) in [5.41, 5.74) is 8.52. The van der Waals surface area contributed by atoms with Crippen LogP contribution in [0.25, 0.3) is 10.1 Å². The molecule has 1 aliphatic heterocycles. The lowest BCUT2D eigenvalue weighted by Crippen LogP contribution is -2.29. The Morgan fingerprint density at radius 3 is 3.10 bits per heavy atom. The van der Waals surface area contributed by atoms with Crippen LogP contribution in [0.2, 0.25) is 0 Å². The number of nitrogens with one attached hydrogen (secondary N) is 1. The van der Waals surface area contributed by atoms with Crippen LogP contribution in [0, 0.1) is 19.8 Å². The molecule has 2 aromatic heterocycles. The van der Waals surface area contributed by atoms with Crippen LogP contribution >= 0.6 is 11.3 Å². The quantitative estimate of drug-likeness (QED) is 0.912. The Labute approximate surface area is 127 Å². The zero-order valence-electron chi connectivity index (χ0n) is 12.2. The minimum atomic E-state index is -0.0994. The van der Waals surface area contributed by atoms with Gasteiger partial charge in [-0.1, -0.05) is 0 Å². The van der Waals surface area contributed by atoms with Crippen molar-refractivity contribution in [1.82, 2.24) is 10.3 Å². The molecule has 1 atom stereocenters. The minimum Gasteiger partial charge on any atom is -0.397 e. The Kier molecular flexibility index (Phi) is 3.82. The number of hydrogen-bond donors (Lipinski definition) is 2. The molecule has 3 heterocycles. The second-order valence-corrected chi connectivity index (χ2v) is 6.56. The molecular weight excluding hydrogens is 286 g/mol. The number of thiophene rings is 1. The monoisotopic (exact) mass is 305 g/mol. The van der Waals surface area contributed by atoms with E-state index in [1.165, 1.54) is 11.3 Å². The molecule has 0 aliphatic carbocycles. The van der Waals surface area contributed by atoms with Crippen molar-refractivity contribution in [1.29, 1.82) is 0 Å². The maximum absolute atomic E-state index is 12.3. The summed E-state index contributed by atoms with van der Waals surface area (Å²) >= 11 is 1.43. The van der Waals surface area contributed by atoms with Crippen LogP contribution in [0.15, 0.2) is 6.07 Å². The molecule has 0 bridgehead atoms. The third-order valence-electron chi connectivity index (χ3n) is 3.80. The molecule has 6 heteroatoms. The molecule has 1 amide bonds. The van der Waals surface area contributed by atoms with Gasteiger partial charge in [-0.25, -0.2) is 0 Å². The molecule has 1 aliphatic rings. The molecule has 112 valence electrons. The van der Waals surface area contributed by atoms with E-state index in [0.717, 1.165) is 41.1 Å². The summed E-state index contributed by atoms with van der Waals surface area (Å²) in [5.74, 6) is 0.313. The first-order chi connectivity index (χ1) is 10.1. The van der Waals surface area contributed by atoms with Gasteiger partial charge in [0.25, 0.3) is 5.91 Å². The largest absolute Gasteiger partial charge is 0.397 e. The number of carbonyl (C=O) groups is 1. The number of hydrogen-bond acceptors (Lipinski definition) is 5. The van der Waals surface area contributed by atoms with E-state index in [1.807, 2.05) is 19.9 Å². The van der Waals surface area contributed by atoms with Gasteiger partial charge in [0.1, 0.15) is 4.88 Å². The number of pyridine rings is 1. The van der Waals surface area contributed by atoms with Gasteiger partial charge in [-0.3, -0.25) is 9.78 Å². The van der Waals surface area contributed by atoms with Crippen LogP contribution in [0.5, 0.6) is 0 Å². The second kappa shape index (κ2) is 5.61. The summed E-state index contributed by atoms with van der Waals surface area (Å²) in [6.45, 7) is 6.03. The molecule has 2 aromatic rings. The highest BCUT2D eigenvalue weighted by Crippen LogP contribution is 2.35. The van der Waals surface area contributed by atoms with E-state index in [-0.39, 0.29) is 5.91 Å². The van der Waals surface area contributed by atoms with E-state index >= 15 is 0 Å². The van der Waals surface area contributed by atoms with Crippen molar-refractivity contribution in [2.24, 2.45) is 5.92 Å². The van der Waals surface area contributed by atoms with Crippen molar-refractivity contribution in [3.63, 3.8) is 0 Å². The summed E-state index contributed by atoms with van der Waals surface area (Å²) < 4.78 is 6.33. The SMILES string of the molecule is Cc1cc2sc(C(=O)NCC3CCOC3)c(N)c2c(C)n1. The normalized spacial score (nSPS) is 18.3. The fourth-order valence-corrected chi connectivity index (χ4v) is 3.90. The summed E-state index contributed by atoms with van der Waals surface area (Å²) in [6, 6.07) is 1.98. The highest BCUT2D eigenvalue weighted by Gasteiger charge is 2.21. The van der Waals surface area contributed by atoms with Gasteiger partial charge in [0.15, 0.2) is 0 Å². The van der Waals surface area contributed by atoms with Gasteiger partial charge in [0.2, 0.25) is 0 Å². The van der Waals surface area contributed by atoms with Gasteiger partial charge in [-0.2, -0.15) is 0 Å². The molecule has 0 saturated carbocycles. The number of aryl methyl sites for hydroxylation is 2. The first-order valence-electron chi connectivity index (χ1n) is 7.08.